The monoisotopic (exact) mass is 567 g/mol. The highest BCUT2D eigenvalue weighted by atomic mass is 35.5. The smallest absolute Gasteiger partial charge is 0.296 e. The molecule has 7 nitrogen and oxygen atoms in total. The van der Waals surface area contributed by atoms with Crippen LogP contribution in [0.15, 0.2) is 53.8 Å². The lowest BCUT2D eigenvalue weighted by Crippen LogP contribution is -2.31. The summed E-state index contributed by atoms with van der Waals surface area (Å²) in [5, 5.41) is 12.8. The molecule has 1 N–H and O–H groups in total. The number of aryl methyl sites for hydroxylation is 2. The fraction of sp³-hybridized carbons (Fsp3) is 0.286. The first kappa shape index (κ1) is 26.3. The molecule has 0 radical (unpaired) electrons. The second-order valence-electron chi connectivity index (χ2n) is 9.05. The van der Waals surface area contributed by atoms with E-state index in [1.54, 1.807) is 25.1 Å². The van der Waals surface area contributed by atoms with Gasteiger partial charge in [0.05, 0.1) is 44.0 Å². The number of aliphatic hydroxyl groups excluding tert-OH is 1. The van der Waals surface area contributed by atoms with E-state index in [0.29, 0.717) is 44.2 Å². The molecule has 10 heteroatoms. The molecule has 0 saturated heterocycles. The Balaban J connectivity index is 1.61. The number of ketones is 1. The van der Waals surface area contributed by atoms with Gasteiger partial charge in [0.15, 0.2) is 10.9 Å². The van der Waals surface area contributed by atoms with Gasteiger partial charge >= 0.3 is 0 Å². The van der Waals surface area contributed by atoms with Crippen LogP contribution in [0.3, 0.4) is 0 Å². The highest BCUT2D eigenvalue weighted by molar-refractivity contribution is 7.22. The number of amides is 1. The Morgan fingerprint density at radius 1 is 1.13 bits per heavy atom. The summed E-state index contributed by atoms with van der Waals surface area (Å²) in [7, 11) is 0. The van der Waals surface area contributed by atoms with Crippen LogP contribution in [0, 0.1) is 13.8 Å². The SMILES string of the molecule is CCCCCOc1cccc(C2C(C(=O)c3sc(C)nc3C)=C(O)C(=O)N2c2nc3ccc(Cl)cc3s2)c1. The zero-order chi connectivity index (χ0) is 27.0. The van der Waals surface area contributed by atoms with Gasteiger partial charge in [0.25, 0.3) is 5.91 Å². The minimum absolute atomic E-state index is 0.00201. The van der Waals surface area contributed by atoms with Crippen molar-refractivity contribution in [2.24, 2.45) is 0 Å². The number of hydrogen-bond donors (Lipinski definition) is 1. The fourth-order valence-electron chi connectivity index (χ4n) is 4.52. The van der Waals surface area contributed by atoms with Gasteiger partial charge in [-0.2, -0.15) is 0 Å². The summed E-state index contributed by atoms with van der Waals surface area (Å²) in [6, 6.07) is 11.7. The summed E-state index contributed by atoms with van der Waals surface area (Å²) >= 11 is 8.69. The van der Waals surface area contributed by atoms with Crippen LogP contribution in [-0.2, 0) is 4.79 Å². The standard InChI is InChI=1S/C28H26ClN3O4S2/c1-4-5-6-12-36-19-9-7-8-17(13-19)23-22(24(33)26-15(2)30-16(3)37-26)25(34)27(35)32(23)28-31-20-11-10-18(29)14-21(20)38-28/h7-11,13-14,23,34H,4-6,12H2,1-3H3. The number of benzene rings is 2. The Kier molecular flexibility index (Phi) is 7.52. The summed E-state index contributed by atoms with van der Waals surface area (Å²) in [5.41, 5.74) is 1.87. The lowest BCUT2D eigenvalue weighted by Gasteiger charge is -2.24. The lowest BCUT2D eigenvalue weighted by atomic mass is 9.95. The van der Waals surface area contributed by atoms with Gasteiger partial charge in [0.1, 0.15) is 5.75 Å². The summed E-state index contributed by atoms with van der Waals surface area (Å²) in [5.74, 6) is -1.07. The molecule has 1 atom stereocenters. The van der Waals surface area contributed by atoms with Crippen molar-refractivity contribution in [1.29, 1.82) is 0 Å². The van der Waals surface area contributed by atoms with Crippen molar-refractivity contribution in [2.75, 3.05) is 11.5 Å². The van der Waals surface area contributed by atoms with Crippen molar-refractivity contribution in [1.82, 2.24) is 9.97 Å². The molecule has 0 spiro atoms. The van der Waals surface area contributed by atoms with Gasteiger partial charge in [-0.1, -0.05) is 54.8 Å². The molecule has 1 amide bonds. The first-order chi connectivity index (χ1) is 18.3. The van der Waals surface area contributed by atoms with E-state index in [1.165, 1.54) is 27.6 Å². The lowest BCUT2D eigenvalue weighted by molar-refractivity contribution is -0.117. The number of nitrogens with zero attached hydrogens (tertiary/aromatic N) is 3. The summed E-state index contributed by atoms with van der Waals surface area (Å²) < 4.78 is 6.76. The van der Waals surface area contributed by atoms with E-state index in [2.05, 4.69) is 16.9 Å². The van der Waals surface area contributed by atoms with Gasteiger partial charge in [-0.05, 0) is 56.2 Å². The first-order valence-electron chi connectivity index (χ1n) is 12.3. The number of ether oxygens (including phenoxy) is 1. The van der Waals surface area contributed by atoms with Gasteiger partial charge in [-0.15, -0.1) is 11.3 Å². The fourth-order valence-corrected chi connectivity index (χ4v) is 6.66. The molecule has 4 aromatic rings. The molecule has 5 rings (SSSR count). The maximum atomic E-state index is 13.9. The molecule has 0 fully saturated rings. The molecule has 3 heterocycles. The predicted octanol–water partition coefficient (Wildman–Crippen LogP) is 7.37. The van der Waals surface area contributed by atoms with Crippen molar-refractivity contribution < 1.29 is 19.4 Å². The minimum Gasteiger partial charge on any atom is -0.503 e. The molecule has 2 aromatic carbocycles. The van der Waals surface area contributed by atoms with Crippen molar-refractivity contribution in [3.63, 3.8) is 0 Å². The number of Topliss-reactive ketones (excluding diaryl/α,β-unsaturated/α-hetero) is 1. The predicted molar refractivity (Wildman–Crippen MR) is 152 cm³/mol. The van der Waals surface area contributed by atoms with Crippen LogP contribution in [0.4, 0.5) is 5.13 Å². The summed E-state index contributed by atoms with van der Waals surface area (Å²) in [4.78, 5) is 38.2. The number of anilines is 1. The van der Waals surface area contributed by atoms with E-state index in [1.807, 2.05) is 31.2 Å². The van der Waals surface area contributed by atoms with Crippen LogP contribution >= 0.6 is 34.3 Å². The topological polar surface area (TPSA) is 92.6 Å². The molecular weight excluding hydrogens is 542 g/mol. The van der Waals surface area contributed by atoms with E-state index in [9.17, 15) is 14.7 Å². The van der Waals surface area contributed by atoms with Gasteiger partial charge < -0.3 is 9.84 Å². The van der Waals surface area contributed by atoms with Crippen LogP contribution in [-0.4, -0.2) is 33.4 Å². The number of hydrogen-bond acceptors (Lipinski definition) is 8. The molecule has 1 aliphatic heterocycles. The number of carbonyl (C=O) groups excluding carboxylic acids is 2. The minimum atomic E-state index is -0.896. The Morgan fingerprint density at radius 2 is 1.95 bits per heavy atom. The van der Waals surface area contributed by atoms with Gasteiger partial charge in [0.2, 0.25) is 5.78 Å². The molecule has 1 aliphatic rings. The molecule has 0 aliphatic carbocycles. The van der Waals surface area contributed by atoms with Crippen molar-refractivity contribution in [3.8, 4) is 5.75 Å². The van der Waals surface area contributed by atoms with Crippen molar-refractivity contribution in [3.05, 3.63) is 80.0 Å². The Morgan fingerprint density at radius 3 is 2.68 bits per heavy atom. The van der Waals surface area contributed by atoms with Crippen molar-refractivity contribution >= 4 is 61.3 Å². The number of fused-ring (bicyclic) bond motifs is 1. The van der Waals surface area contributed by atoms with E-state index in [4.69, 9.17) is 16.3 Å². The van der Waals surface area contributed by atoms with Crippen LogP contribution < -0.4 is 9.64 Å². The highest BCUT2D eigenvalue weighted by Crippen LogP contribution is 2.45. The van der Waals surface area contributed by atoms with Crippen LogP contribution in [0.25, 0.3) is 10.2 Å². The molecule has 1 unspecified atom stereocenters. The maximum Gasteiger partial charge on any atom is 0.296 e. The number of carbonyl (C=O) groups is 2. The van der Waals surface area contributed by atoms with Crippen LogP contribution in [0.5, 0.6) is 5.75 Å². The molecule has 2 aromatic heterocycles. The van der Waals surface area contributed by atoms with E-state index < -0.39 is 23.5 Å². The zero-order valence-corrected chi connectivity index (χ0v) is 23.5. The number of aromatic nitrogens is 2. The van der Waals surface area contributed by atoms with E-state index >= 15 is 0 Å². The van der Waals surface area contributed by atoms with Gasteiger partial charge in [0, 0.05) is 5.02 Å². The van der Waals surface area contributed by atoms with E-state index in [0.717, 1.165) is 29.0 Å². The largest absolute Gasteiger partial charge is 0.503 e. The second-order valence-corrected chi connectivity index (χ2v) is 11.7. The number of rotatable bonds is 9. The number of halogens is 1. The quantitative estimate of drug-likeness (QED) is 0.168. The highest BCUT2D eigenvalue weighted by Gasteiger charge is 2.46. The third-order valence-electron chi connectivity index (χ3n) is 6.30. The molecule has 0 saturated carbocycles. The zero-order valence-electron chi connectivity index (χ0n) is 21.2. The normalized spacial score (nSPS) is 15.6. The van der Waals surface area contributed by atoms with Gasteiger partial charge in [-0.25, -0.2) is 9.97 Å². The molecule has 196 valence electrons. The van der Waals surface area contributed by atoms with Crippen LogP contribution in [0.2, 0.25) is 5.02 Å². The molecule has 38 heavy (non-hydrogen) atoms. The third-order valence-corrected chi connectivity index (χ3v) is 8.62. The second kappa shape index (κ2) is 10.8. The average molecular weight is 568 g/mol. The Labute approximate surface area is 233 Å². The average Bonchev–Trinajstić information content (AvgIpc) is 3.54. The molecule has 0 bridgehead atoms. The Hall–Kier alpha value is -3.27. The third kappa shape index (κ3) is 4.93. The Bertz CT molecular complexity index is 1580. The summed E-state index contributed by atoms with van der Waals surface area (Å²) in [6.45, 7) is 6.26. The van der Waals surface area contributed by atoms with E-state index in [-0.39, 0.29) is 5.57 Å². The number of aliphatic hydroxyl groups is 1. The molecular formula is C28H26ClN3O4S2. The number of unbranched alkanes of at least 4 members (excludes halogenated alkanes) is 2. The summed E-state index contributed by atoms with van der Waals surface area (Å²) in [6.07, 6.45) is 3.08. The first-order valence-corrected chi connectivity index (χ1v) is 14.3. The van der Waals surface area contributed by atoms with Crippen LogP contribution in [0.1, 0.15) is 58.2 Å². The maximum absolute atomic E-state index is 13.9. The van der Waals surface area contributed by atoms with Gasteiger partial charge in [-0.3, -0.25) is 14.5 Å². The van der Waals surface area contributed by atoms with Crippen molar-refractivity contribution in [2.45, 2.75) is 46.1 Å². The number of thiazole rings is 2.